The largest absolute Gasteiger partial charge is 0.383 e. The highest BCUT2D eigenvalue weighted by Crippen LogP contribution is 2.17. The summed E-state index contributed by atoms with van der Waals surface area (Å²) in [5, 5.41) is 14.5. The van der Waals surface area contributed by atoms with E-state index in [1.165, 1.54) is 13.3 Å². The van der Waals surface area contributed by atoms with E-state index in [0.717, 1.165) is 0 Å². The summed E-state index contributed by atoms with van der Waals surface area (Å²) in [5.41, 5.74) is 0.456. The molecule has 0 spiro atoms. The van der Waals surface area contributed by atoms with Gasteiger partial charge in [-0.25, -0.2) is 4.98 Å². The van der Waals surface area contributed by atoms with Crippen molar-refractivity contribution in [3.8, 4) is 6.07 Å². The lowest BCUT2D eigenvalue weighted by molar-refractivity contribution is -0.117. The maximum absolute atomic E-state index is 11.6. The van der Waals surface area contributed by atoms with Gasteiger partial charge in [-0.15, -0.1) is 0 Å². The van der Waals surface area contributed by atoms with Crippen LogP contribution >= 0.6 is 11.6 Å². The predicted molar refractivity (Wildman–Crippen MR) is 71.5 cm³/mol. The van der Waals surface area contributed by atoms with Gasteiger partial charge < -0.3 is 15.4 Å². The molecule has 19 heavy (non-hydrogen) atoms. The molecule has 100 valence electrons. The number of hydrogen-bond acceptors (Lipinski definition) is 5. The standard InChI is InChI=1S/C12H13ClN4O2/c1-19-6-5-16-12(18)9(7-14)8-17-10-3-2-4-15-11(10)13/h2-4,8,17H,5-6H2,1H3,(H,16,18)/b9-8-. The van der Waals surface area contributed by atoms with E-state index in [0.29, 0.717) is 18.8 Å². The number of ether oxygens (including phenoxy) is 1. The van der Waals surface area contributed by atoms with E-state index in [4.69, 9.17) is 21.6 Å². The molecule has 1 aromatic heterocycles. The maximum atomic E-state index is 11.6. The number of hydrogen-bond donors (Lipinski definition) is 2. The lowest BCUT2D eigenvalue weighted by Gasteiger charge is -2.05. The minimum atomic E-state index is -0.480. The topological polar surface area (TPSA) is 87.0 Å². The second-order valence-electron chi connectivity index (χ2n) is 3.40. The van der Waals surface area contributed by atoms with Gasteiger partial charge in [0, 0.05) is 26.1 Å². The van der Waals surface area contributed by atoms with Crippen LogP contribution in [-0.4, -0.2) is 31.2 Å². The number of aromatic nitrogens is 1. The molecule has 0 radical (unpaired) electrons. The van der Waals surface area contributed by atoms with E-state index in [9.17, 15) is 4.79 Å². The highest BCUT2D eigenvalue weighted by Gasteiger charge is 2.08. The van der Waals surface area contributed by atoms with Gasteiger partial charge in [-0.3, -0.25) is 4.79 Å². The Hall–Kier alpha value is -2.10. The van der Waals surface area contributed by atoms with Crippen molar-refractivity contribution in [2.45, 2.75) is 0 Å². The van der Waals surface area contributed by atoms with Gasteiger partial charge in [-0.2, -0.15) is 5.26 Å². The summed E-state index contributed by atoms with van der Waals surface area (Å²) >= 11 is 5.83. The van der Waals surface area contributed by atoms with Crippen molar-refractivity contribution in [1.29, 1.82) is 5.26 Å². The summed E-state index contributed by atoms with van der Waals surface area (Å²) in [7, 11) is 1.53. The summed E-state index contributed by atoms with van der Waals surface area (Å²) in [6.45, 7) is 0.717. The lowest BCUT2D eigenvalue weighted by atomic mass is 10.3. The summed E-state index contributed by atoms with van der Waals surface area (Å²) < 4.78 is 4.79. The van der Waals surface area contributed by atoms with Crippen LogP contribution in [0.2, 0.25) is 5.15 Å². The van der Waals surface area contributed by atoms with Crippen LogP contribution in [0.4, 0.5) is 5.69 Å². The second-order valence-corrected chi connectivity index (χ2v) is 3.76. The van der Waals surface area contributed by atoms with E-state index in [2.05, 4.69) is 15.6 Å². The molecular formula is C12H13ClN4O2. The zero-order valence-corrected chi connectivity index (χ0v) is 11.1. The Morgan fingerprint density at radius 2 is 2.47 bits per heavy atom. The molecule has 1 aromatic rings. The predicted octanol–water partition coefficient (Wildman–Crippen LogP) is 1.32. The first-order chi connectivity index (χ1) is 9.19. The first kappa shape index (κ1) is 15.0. The number of nitrogens with zero attached hydrogens (tertiary/aromatic N) is 2. The molecule has 0 aromatic carbocycles. The van der Waals surface area contributed by atoms with E-state index >= 15 is 0 Å². The fraction of sp³-hybridized carbons (Fsp3) is 0.250. The van der Waals surface area contributed by atoms with Gasteiger partial charge in [0.1, 0.15) is 11.6 Å². The van der Waals surface area contributed by atoms with Gasteiger partial charge in [0.2, 0.25) is 0 Å². The molecule has 0 unspecified atom stereocenters. The van der Waals surface area contributed by atoms with Crippen molar-refractivity contribution in [2.75, 3.05) is 25.6 Å². The molecule has 6 nitrogen and oxygen atoms in total. The number of rotatable bonds is 6. The van der Waals surface area contributed by atoms with E-state index in [1.54, 1.807) is 24.4 Å². The van der Waals surface area contributed by atoms with Crippen LogP contribution in [0.1, 0.15) is 0 Å². The number of carbonyl (C=O) groups is 1. The van der Waals surface area contributed by atoms with Crippen molar-refractivity contribution < 1.29 is 9.53 Å². The molecule has 1 amide bonds. The molecule has 0 aliphatic carbocycles. The fourth-order valence-electron chi connectivity index (χ4n) is 1.15. The van der Waals surface area contributed by atoms with E-state index in [1.807, 2.05) is 0 Å². The normalized spacial score (nSPS) is 10.7. The third-order valence-electron chi connectivity index (χ3n) is 2.09. The molecule has 0 saturated carbocycles. The van der Waals surface area contributed by atoms with Gasteiger partial charge >= 0.3 is 0 Å². The Kier molecular flexibility index (Phi) is 6.36. The summed E-state index contributed by atoms with van der Waals surface area (Å²) in [6.07, 6.45) is 2.82. The molecule has 0 aliphatic heterocycles. The van der Waals surface area contributed by atoms with Crippen LogP contribution in [0.15, 0.2) is 30.1 Å². The van der Waals surface area contributed by atoms with Crippen molar-refractivity contribution in [3.05, 3.63) is 35.3 Å². The van der Waals surface area contributed by atoms with Crippen LogP contribution < -0.4 is 10.6 Å². The average molecular weight is 281 g/mol. The van der Waals surface area contributed by atoms with Crippen LogP contribution in [0.3, 0.4) is 0 Å². The molecule has 0 atom stereocenters. The number of nitriles is 1. The van der Waals surface area contributed by atoms with Crippen LogP contribution in [0.25, 0.3) is 0 Å². The Balaban J connectivity index is 2.65. The number of amides is 1. The number of pyridine rings is 1. The van der Waals surface area contributed by atoms with E-state index < -0.39 is 5.91 Å². The number of anilines is 1. The molecule has 7 heteroatoms. The smallest absolute Gasteiger partial charge is 0.263 e. The SMILES string of the molecule is COCCNC(=O)/C(C#N)=C\Nc1cccnc1Cl. The molecule has 0 fully saturated rings. The van der Waals surface area contributed by atoms with Crippen molar-refractivity contribution in [3.63, 3.8) is 0 Å². The number of methoxy groups -OCH3 is 1. The van der Waals surface area contributed by atoms with Crippen LogP contribution in [0, 0.1) is 11.3 Å². The molecule has 1 heterocycles. The zero-order chi connectivity index (χ0) is 14.1. The van der Waals surface area contributed by atoms with Gasteiger partial charge in [-0.1, -0.05) is 11.6 Å². The Morgan fingerprint density at radius 1 is 1.68 bits per heavy atom. The van der Waals surface area contributed by atoms with Crippen molar-refractivity contribution in [2.24, 2.45) is 0 Å². The monoisotopic (exact) mass is 280 g/mol. The highest BCUT2D eigenvalue weighted by molar-refractivity contribution is 6.32. The van der Waals surface area contributed by atoms with Crippen molar-refractivity contribution in [1.82, 2.24) is 10.3 Å². The first-order valence-electron chi connectivity index (χ1n) is 5.43. The Morgan fingerprint density at radius 3 is 3.11 bits per heavy atom. The van der Waals surface area contributed by atoms with Gasteiger partial charge in [0.05, 0.1) is 12.3 Å². The molecule has 1 rings (SSSR count). The van der Waals surface area contributed by atoms with Gasteiger partial charge in [0.15, 0.2) is 5.15 Å². The third-order valence-corrected chi connectivity index (χ3v) is 2.39. The molecular weight excluding hydrogens is 268 g/mol. The molecule has 0 aliphatic rings. The first-order valence-corrected chi connectivity index (χ1v) is 5.81. The van der Waals surface area contributed by atoms with Crippen LogP contribution in [-0.2, 0) is 9.53 Å². The zero-order valence-electron chi connectivity index (χ0n) is 10.3. The number of halogens is 1. The molecule has 2 N–H and O–H groups in total. The highest BCUT2D eigenvalue weighted by atomic mass is 35.5. The average Bonchev–Trinajstić information content (AvgIpc) is 2.41. The quantitative estimate of drug-likeness (QED) is 0.355. The Bertz CT molecular complexity index is 511. The maximum Gasteiger partial charge on any atom is 0.263 e. The number of carbonyl (C=O) groups excluding carboxylic acids is 1. The Labute approximate surface area is 116 Å². The lowest BCUT2D eigenvalue weighted by Crippen LogP contribution is -2.28. The van der Waals surface area contributed by atoms with Gasteiger partial charge in [0.25, 0.3) is 5.91 Å². The minimum absolute atomic E-state index is 0.0592. The van der Waals surface area contributed by atoms with Crippen LogP contribution in [0.5, 0.6) is 0 Å². The molecule has 0 bridgehead atoms. The summed E-state index contributed by atoms with van der Waals surface area (Å²) in [5.74, 6) is -0.480. The van der Waals surface area contributed by atoms with E-state index in [-0.39, 0.29) is 10.7 Å². The summed E-state index contributed by atoms with van der Waals surface area (Å²) in [6, 6.07) is 5.17. The van der Waals surface area contributed by atoms with Gasteiger partial charge in [-0.05, 0) is 12.1 Å². The molecule has 0 saturated heterocycles. The second kappa shape index (κ2) is 8.08. The number of nitrogens with one attached hydrogen (secondary N) is 2. The fourth-order valence-corrected chi connectivity index (χ4v) is 1.33. The summed E-state index contributed by atoms with van der Waals surface area (Å²) in [4.78, 5) is 15.5. The van der Waals surface area contributed by atoms with Crippen molar-refractivity contribution >= 4 is 23.2 Å². The third kappa shape index (κ3) is 4.95. The minimum Gasteiger partial charge on any atom is -0.383 e.